The minimum absolute atomic E-state index is 0.585. The Morgan fingerprint density at radius 1 is 0.548 bits per heavy atom. The molecule has 0 aliphatic rings. The van der Waals surface area contributed by atoms with Crippen molar-refractivity contribution in [2.75, 3.05) is 34.3 Å². The summed E-state index contributed by atoms with van der Waals surface area (Å²) in [5.74, 6) is 0. The topological polar surface area (TPSA) is 29.5 Å². The summed E-state index contributed by atoms with van der Waals surface area (Å²) in [7, 11) is 6.43. The number of ether oxygens (including phenoxy) is 1. The van der Waals surface area contributed by atoms with Gasteiger partial charge in [0.05, 0.1) is 27.7 Å². The Kier molecular flexibility index (Phi) is 23.0. The van der Waals surface area contributed by atoms with Crippen molar-refractivity contribution < 1.29 is 14.3 Å². The molecule has 1 atom stereocenters. The van der Waals surface area contributed by atoms with Gasteiger partial charge in [-0.2, -0.15) is 0 Å². The molecule has 0 aromatic carbocycles. The van der Waals surface area contributed by atoms with Crippen molar-refractivity contribution in [2.24, 2.45) is 0 Å². The van der Waals surface area contributed by atoms with Crippen molar-refractivity contribution in [1.29, 1.82) is 0 Å². The van der Waals surface area contributed by atoms with E-state index in [-0.39, 0.29) is 0 Å². The lowest BCUT2D eigenvalue weighted by molar-refractivity contribution is -0.871. The van der Waals surface area contributed by atoms with Crippen LogP contribution in [-0.4, -0.2) is 50.2 Å². The maximum absolute atomic E-state index is 9.84. The normalized spacial score (nSPS) is 13.1. The molecular weight excluding hydrogens is 382 g/mol. The second-order valence-electron chi connectivity index (χ2n) is 10.8. The van der Waals surface area contributed by atoms with Crippen LogP contribution in [-0.2, 0) is 4.74 Å². The first-order chi connectivity index (χ1) is 15.0. The lowest BCUT2D eigenvalue weighted by Crippen LogP contribution is -2.37. The summed E-state index contributed by atoms with van der Waals surface area (Å²) in [5.41, 5.74) is 0. The van der Waals surface area contributed by atoms with Crippen LogP contribution in [0.3, 0.4) is 0 Å². The summed E-state index contributed by atoms with van der Waals surface area (Å²) < 4.78 is 6.39. The molecule has 3 nitrogen and oxygen atoms in total. The molecule has 3 heteroatoms. The van der Waals surface area contributed by atoms with Gasteiger partial charge in [0.1, 0.15) is 0 Å². The molecule has 0 aromatic heterocycles. The number of hydrogen-bond donors (Lipinski definition) is 1. The van der Waals surface area contributed by atoms with Gasteiger partial charge in [-0.3, -0.25) is 0 Å². The minimum Gasteiger partial charge on any atom is -0.368 e. The predicted octanol–water partition coefficient (Wildman–Crippen LogP) is 8.24. The zero-order valence-electron chi connectivity index (χ0n) is 22.1. The van der Waals surface area contributed by atoms with Gasteiger partial charge in [0.25, 0.3) is 0 Å². The van der Waals surface area contributed by atoms with Crippen LogP contribution in [0.25, 0.3) is 0 Å². The molecule has 0 heterocycles. The number of hydrogen-bond acceptors (Lipinski definition) is 2. The standard InChI is InChI=1S/C28H60NO2/c1-5-6-7-8-9-10-11-12-13-14-15-16-17-18-19-20-21-22-23-24-27-31-28(30)25-26-29(2,3)4/h28,30H,5-27H2,1-4H3/q+1. The molecule has 1 N–H and O–H groups in total. The van der Waals surface area contributed by atoms with E-state index in [0.717, 1.165) is 23.9 Å². The number of aliphatic hydroxyl groups is 1. The molecule has 0 radical (unpaired) electrons. The van der Waals surface area contributed by atoms with Crippen molar-refractivity contribution in [1.82, 2.24) is 0 Å². The summed E-state index contributed by atoms with van der Waals surface area (Å²) in [6.07, 6.45) is 28.2. The molecule has 0 saturated carbocycles. The van der Waals surface area contributed by atoms with Gasteiger partial charge in [-0.15, -0.1) is 0 Å². The zero-order valence-corrected chi connectivity index (χ0v) is 22.1. The Hall–Kier alpha value is -0.120. The summed E-state index contributed by atoms with van der Waals surface area (Å²) in [4.78, 5) is 0. The predicted molar refractivity (Wildman–Crippen MR) is 137 cm³/mol. The Morgan fingerprint density at radius 3 is 1.19 bits per heavy atom. The van der Waals surface area contributed by atoms with E-state index in [1.807, 2.05) is 0 Å². The van der Waals surface area contributed by atoms with Crippen LogP contribution in [0.1, 0.15) is 142 Å². The van der Waals surface area contributed by atoms with Gasteiger partial charge in [-0.25, -0.2) is 0 Å². The van der Waals surface area contributed by atoms with Gasteiger partial charge in [0.15, 0.2) is 6.29 Å². The minimum atomic E-state index is -0.585. The van der Waals surface area contributed by atoms with Crippen molar-refractivity contribution in [3.05, 3.63) is 0 Å². The van der Waals surface area contributed by atoms with Crippen molar-refractivity contribution in [3.8, 4) is 0 Å². The second-order valence-corrected chi connectivity index (χ2v) is 10.8. The molecule has 0 aromatic rings. The molecule has 0 saturated heterocycles. The van der Waals surface area contributed by atoms with Crippen LogP contribution < -0.4 is 0 Å². The van der Waals surface area contributed by atoms with Gasteiger partial charge in [-0.05, 0) is 6.42 Å². The van der Waals surface area contributed by atoms with E-state index in [2.05, 4.69) is 28.1 Å². The molecule has 31 heavy (non-hydrogen) atoms. The highest BCUT2D eigenvalue weighted by Crippen LogP contribution is 2.15. The number of quaternary nitrogens is 1. The highest BCUT2D eigenvalue weighted by Gasteiger charge is 2.11. The third kappa shape index (κ3) is 27.8. The first-order valence-electron chi connectivity index (χ1n) is 14.1. The van der Waals surface area contributed by atoms with Crippen LogP contribution in [0.15, 0.2) is 0 Å². The molecule has 0 aliphatic heterocycles. The van der Waals surface area contributed by atoms with E-state index in [0.29, 0.717) is 6.61 Å². The molecule has 0 spiro atoms. The van der Waals surface area contributed by atoms with Crippen LogP contribution in [0.5, 0.6) is 0 Å². The van der Waals surface area contributed by atoms with Crippen LogP contribution in [0, 0.1) is 0 Å². The maximum atomic E-state index is 9.84. The fraction of sp³-hybridized carbons (Fsp3) is 1.00. The molecule has 0 amide bonds. The van der Waals surface area contributed by atoms with Crippen LogP contribution >= 0.6 is 0 Å². The Labute approximate surface area is 196 Å². The highest BCUT2D eigenvalue weighted by molar-refractivity contribution is 4.51. The summed E-state index contributed by atoms with van der Waals surface area (Å²) >= 11 is 0. The molecule has 0 bridgehead atoms. The van der Waals surface area contributed by atoms with E-state index < -0.39 is 6.29 Å². The van der Waals surface area contributed by atoms with Gasteiger partial charge < -0.3 is 14.3 Å². The first-order valence-corrected chi connectivity index (χ1v) is 14.1. The molecule has 188 valence electrons. The van der Waals surface area contributed by atoms with E-state index in [4.69, 9.17) is 4.74 Å². The fourth-order valence-corrected chi connectivity index (χ4v) is 4.16. The maximum Gasteiger partial charge on any atom is 0.159 e. The highest BCUT2D eigenvalue weighted by atomic mass is 16.6. The summed E-state index contributed by atoms with van der Waals surface area (Å²) in [6, 6.07) is 0. The lowest BCUT2D eigenvalue weighted by Gasteiger charge is -2.25. The number of rotatable bonds is 25. The number of aliphatic hydroxyl groups excluding tert-OH is 1. The smallest absolute Gasteiger partial charge is 0.159 e. The SMILES string of the molecule is CCCCCCCCCCCCCCCCCCCCCCOC(O)CC[N+](C)(C)C. The Morgan fingerprint density at radius 2 is 0.871 bits per heavy atom. The zero-order chi connectivity index (χ0) is 23.0. The van der Waals surface area contributed by atoms with Crippen molar-refractivity contribution >= 4 is 0 Å². The van der Waals surface area contributed by atoms with Gasteiger partial charge >= 0.3 is 0 Å². The van der Waals surface area contributed by atoms with E-state index in [1.165, 1.54) is 122 Å². The van der Waals surface area contributed by atoms with Gasteiger partial charge in [0.2, 0.25) is 0 Å². The third-order valence-corrected chi connectivity index (χ3v) is 6.35. The van der Waals surface area contributed by atoms with Crippen molar-refractivity contribution in [3.63, 3.8) is 0 Å². The van der Waals surface area contributed by atoms with E-state index in [1.54, 1.807) is 0 Å². The number of unbranched alkanes of at least 4 members (excludes halogenated alkanes) is 19. The quantitative estimate of drug-likeness (QED) is 0.0876. The van der Waals surface area contributed by atoms with Gasteiger partial charge in [0, 0.05) is 13.0 Å². The van der Waals surface area contributed by atoms with Gasteiger partial charge in [-0.1, -0.05) is 129 Å². The van der Waals surface area contributed by atoms with Crippen LogP contribution in [0.2, 0.25) is 0 Å². The molecule has 0 fully saturated rings. The lowest BCUT2D eigenvalue weighted by atomic mass is 10.0. The number of nitrogens with zero attached hydrogens (tertiary/aromatic N) is 1. The summed E-state index contributed by atoms with van der Waals surface area (Å²) in [6.45, 7) is 3.94. The first kappa shape index (κ1) is 30.9. The van der Waals surface area contributed by atoms with Crippen molar-refractivity contribution in [2.45, 2.75) is 148 Å². The molecule has 1 unspecified atom stereocenters. The Bertz CT molecular complexity index is 340. The van der Waals surface area contributed by atoms with Crippen LogP contribution in [0.4, 0.5) is 0 Å². The average molecular weight is 443 g/mol. The Balaban J connectivity index is 3.11. The largest absolute Gasteiger partial charge is 0.368 e. The average Bonchev–Trinajstić information content (AvgIpc) is 2.73. The van der Waals surface area contributed by atoms with E-state index >= 15 is 0 Å². The summed E-state index contributed by atoms with van der Waals surface area (Å²) in [5, 5.41) is 9.84. The molecule has 0 rings (SSSR count). The monoisotopic (exact) mass is 442 g/mol. The molecular formula is C28H60NO2+. The second kappa shape index (κ2) is 23.1. The van der Waals surface area contributed by atoms with E-state index in [9.17, 15) is 5.11 Å². The molecule has 0 aliphatic carbocycles. The fourth-order valence-electron chi connectivity index (χ4n) is 4.16. The third-order valence-electron chi connectivity index (χ3n) is 6.35.